The first-order chi connectivity index (χ1) is 12.1. The van der Waals surface area contributed by atoms with Gasteiger partial charge in [0.2, 0.25) is 5.91 Å². The molecular weight excluding hydrogens is 317 g/mol. The number of halogens is 1. The molecule has 2 heterocycles. The van der Waals surface area contributed by atoms with Gasteiger partial charge in [0, 0.05) is 31.0 Å². The summed E-state index contributed by atoms with van der Waals surface area (Å²) in [6, 6.07) is 10.4. The number of carbonyl (C=O) groups is 1. The molecule has 0 saturated carbocycles. The fourth-order valence-corrected chi connectivity index (χ4v) is 3.37. The van der Waals surface area contributed by atoms with Crippen LogP contribution in [-0.4, -0.2) is 34.9 Å². The largest absolute Gasteiger partial charge is 0.351 e. The van der Waals surface area contributed by atoms with Gasteiger partial charge in [0.15, 0.2) is 0 Å². The van der Waals surface area contributed by atoms with Crippen molar-refractivity contribution in [2.24, 2.45) is 5.92 Å². The Morgan fingerprint density at radius 1 is 1.32 bits per heavy atom. The van der Waals surface area contributed by atoms with Crippen molar-refractivity contribution in [2.75, 3.05) is 13.1 Å². The average molecular weight is 341 g/mol. The summed E-state index contributed by atoms with van der Waals surface area (Å²) in [7, 11) is 0. The van der Waals surface area contributed by atoms with Crippen molar-refractivity contribution >= 4 is 5.91 Å². The minimum Gasteiger partial charge on any atom is -0.351 e. The van der Waals surface area contributed by atoms with Crippen molar-refractivity contribution in [3.63, 3.8) is 0 Å². The molecule has 0 bridgehead atoms. The summed E-state index contributed by atoms with van der Waals surface area (Å²) in [5.74, 6) is 0.228. The van der Waals surface area contributed by atoms with Gasteiger partial charge in [-0.25, -0.2) is 4.39 Å². The summed E-state index contributed by atoms with van der Waals surface area (Å²) in [5.41, 5.74) is 1.80. The summed E-state index contributed by atoms with van der Waals surface area (Å²) in [6.45, 7) is 3.98. The molecule has 5 heteroatoms. The van der Waals surface area contributed by atoms with Crippen LogP contribution in [0.5, 0.6) is 0 Å². The van der Waals surface area contributed by atoms with E-state index in [0.29, 0.717) is 11.5 Å². The minimum atomic E-state index is -0.283. The van der Waals surface area contributed by atoms with Crippen molar-refractivity contribution < 1.29 is 9.18 Å². The van der Waals surface area contributed by atoms with Crippen LogP contribution in [0.25, 0.3) is 0 Å². The second-order valence-electron chi connectivity index (χ2n) is 6.69. The summed E-state index contributed by atoms with van der Waals surface area (Å²) in [5, 5.41) is 2.85. The molecule has 0 spiro atoms. The predicted molar refractivity (Wildman–Crippen MR) is 95.3 cm³/mol. The number of rotatable bonds is 6. The van der Waals surface area contributed by atoms with Gasteiger partial charge in [-0.15, -0.1) is 0 Å². The van der Waals surface area contributed by atoms with Crippen LogP contribution < -0.4 is 5.32 Å². The number of pyridine rings is 1. The third-order valence-corrected chi connectivity index (χ3v) is 4.93. The molecule has 1 N–H and O–H groups in total. The zero-order valence-corrected chi connectivity index (χ0v) is 14.5. The molecule has 4 nitrogen and oxygen atoms in total. The monoisotopic (exact) mass is 341 g/mol. The normalized spacial score (nSPS) is 18.9. The van der Waals surface area contributed by atoms with E-state index in [0.717, 1.165) is 25.9 Å². The van der Waals surface area contributed by atoms with E-state index in [1.165, 1.54) is 11.6 Å². The van der Waals surface area contributed by atoms with Gasteiger partial charge in [-0.3, -0.25) is 14.7 Å². The number of amides is 1. The fraction of sp³-hybridized carbons (Fsp3) is 0.400. The van der Waals surface area contributed by atoms with Gasteiger partial charge < -0.3 is 5.32 Å². The van der Waals surface area contributed by atoms with Crippen molar-refractivity contribution in [2.45, 2.75) is 32.4 Å². The Labute approximate surface area is 148 Å². The SMILES string of the molecule is C[C@H](C(=O)NCc1ccccc1F)N1CC[C@H](Cc2ccncc2)C1. The van der Waals surface area contributed by atoms with E-state index in [1.807, 2.05) is 31.5 Å². The van der Waals surface area contributed by atoms with Gasteiger partial charge in [-0.2, -0.15) is 0 Å². The number of likely N-dealkylation sites (tertiary alicyclic amines) is 1. The van der Waals surface area contributed by atoms with Gasteiger partial charge in [-0.1, -0.05) is 18.2 Å². The lowest BCUT2D eigenvalue weighted by Gasteiger charge is -2.23. The van der Waals surface area contributed by atoms with Gasteiger partial charge in [0.1, 0.15) is 5.82 Å². The van der Waals surface area contributed by atoms with Crippen LogP contribution in [0.2, 0.25) is 0 Å². The second-order valence-corrected chi connectivity index (χ2v) is 6.69. The summed E-state index contributed by atoms with van der Waals surface area (Å²) in [6.07, 6.45) is 5.75. The number of carbonyl (C=O) groups excluding carboxylic acids is 1. The zero-order valence-electron chi connectivity index (χ0n) is 14.5. The molecule has 1 fully saturated rings. The number of aromatic nitrogens is 1. The highest BCUT2D eigenvalue weighted by Gasteiger charge is 2.29. The fourth-order valence-electron chi connectivity index (χ4n) is 3.37. The third-order valence-electron chi connectivity index (χ3n) is 4.93. The van der Waals surface area contributed by atoms with E-state index in [4.69, 9.17) is 0 Å². The van der Waals surface area contributed by atoms with Crippen molar-refractivity contribution in [3.8, 4) is 0 Å². The van der Waals surface area contributed by atoms with Crippen LogP contribution in [-0.2, 0) is 17.8 Å². The van der Waals surface area contributed by atoms with Gasteiger partial charge >= 0.3 is 0 Å². The van der Waals surface area contributed by atoms with E-state index in [-0.39, 0.29) is 24.3 Å². The Kier molecular flexibility index (Phi) is 5.76. The highest BCUT2D eigenvalue weighted by molar-refractivity contribution is 5.81. The average Bonchev–Trinajstić information content (AvgIpc) is 3.09. The molecule has 1 saturated heterocycles. The molecule has 1 aliphatic rings. The molecule has 132 valence electrons. The standard InChI is InChI=1S/C20H24FN3O/c1-15(20(25)23-13-18-4-2-3-5-19(18)21)24-11-8-17(14-24)12-16-6-9-22-10-7-16/h2-7,9-10,15,17H,8,11-14H2,1H3,(H,23,25)/t15-,17-/m1/s1. The molecule has 2 aromatic rings. The van der Waals surface area contributed by atoms with E-state index >= 15 is 0 Å². The Hall–Kier alpha value is -2.27. The van der Waals surface area contributed by atoms with E-state index in [9.17, 15) is 9.18 Å². The zero-order chi connectivity index (χ0) is 17.6. The third kappa shape index (κ3) is 4.63. The van der Waals surface area contributed by atoms with E-state index in [2.05, 4.69) is 15.2 Å². The van der Waals surface area contributed by atoms with E-state index in [1.54, 1.807) is 18.2 Å². The van der Waals surface area contributed by atoms with Crippen molar-refractivity contribution in [1.29, 1.82) is 0 Å². The molecule has 1 amide bonds. The van der Waals surface area contributed by atoms with Crippen LogP contribution in [0.1, 0.15) is 24.5 Å². The van der Waals surface area contributed by atoms with E-state index < -0.39 is 0 Å². The first-order valence-electron chi connectivity index (χ1n) is 8.77. The lowest BCUT2D eigenvalue weighted by molar-refractivity contribution is -0.125. The number of benzene rings is 1. The molecule has 0 unspecified atom stereocenters. The maximum Gasteiger partial charge on any atom is 0.237 e. The maximum atomic E-state index is 13.6. The van der Waals surface area contributed by atoms with Gasteiger partial charge in [0.25, 0.3) is 0 Å². The molecular formula is C20H24FN3O. The lowest BCUT2D eigenvalue weighted by Crippen LogP contribution is -2.44. The predicted octanol–water partition coefficient (Wildman–Crippen LogP) is 2.79. The molecule has 1 aliphatic heterocycles. The first-order valence-corrected chi connectivity index (χ1v) is 8.77. The molecule has 25 heavy (non-hydrogen) atoms. The minimum absolute atomic E-state index is 0.0483. The number of nitrogens with zero attached hydrogens (tertiary/aromatic N) is 2. The topological polar surface area (TPSA) is 45.2 Å². The Balaban J connectivity index is 1.48. The van der Waals surface area contributed by atoms with Crippen molar-refractivity contribution in [3.05, 3.63) is 65.7 Å². The van der Waals surface area contributed by atoms with Crippen LogP contribution in [0, 0.1) is 11.7 Å². The maximum absolute atomic E-state index is 13.6. The highest BCUT2D eigenvalue weighted by atomic mass is 19.1. The Bertz CT molecular complexity index is 707. The molecule has 1 aromatic carbocycles. The molecule has 0 aliphatic carbocycles. The van der Waals surface area contributed by atoms with Crippen LogP contribution in [0.15, 0.2) is 48.8 Å². The lowest BCUT2D eigenvalue weighted by atomic mass is 10.00. The summed E-state index contributed by atoms with van der Waals surface area (Å²) in [4.78, 5) is 18.7. The van der Waals surface area contributed by atoms with Gasteiger partial charge in [-0.05, 0) is 56.0 Å². The number of hydrogen-bond acceptors (Lipinski definition) is 3. The van der Waals surface area contributed by atoms with Crippen molar-refractivity contribution in [1.82, 2.24) is 15.2 Å². The molecule has 0 radical (unpaired) electrons. The molecule has 1 aromatic heterocycles. The van der Waals surface area contributed by atoms with Gasteiger partial charge in [0.05, 0.1) is 6.04 Å². The molecule has 2 atom stereocenters. The Morgan fingerprint density at radius 2 is 2.08 bits per heavy atom. The number of nitrogens with one attached hydrogen (secondary N) is 1. The van der Waals surface area contributed by atoms with Crippen LogP contribution in [0.4, 0.5) is 4.39 Å². The summed E-state index contributed by atoms with van der Waals surface area (Å²) < 4.78 is 13.6. The Morgan fingerprint density at radius 3 is 2.84 bits per heavy atom. The highest BCUT2D eigenvalue weighted by Crippen LogP contribution is 2.22. The molecule has 3 rings (SSSR count). The first kappa shape index (κ1) is 17.5. The smallest absolute Gasteiger partial charge is 0.237 e. The quantitative estimate of drug-likeness (QED) is 0.879. The number of hydrogen-bond donors (Lipinski definition) is 1. The second kappa shape index (κ2) is 8.21. The van der Waals surface area contributed by atoms with Crippen LogP contribution >= 0.6 is 0 Å². The summed E-state index contributed by atoms with van der Waals surface area (Å²) >= 11 is 0. The van der Waals surface area contributed by atoms with Crippen LogP contribution in [0.3, 0.4) is 0 Å².